The van der Waals surface area contributed by atoms with Gasteiger partial charge in [0.15, 0.2) is 0 Å². The van der Waals surface area contributed by atoms with E-state index >= 15 is 0 Å². The van der Waals surface area contributed by atoms with Crippen LogP contribution in [0.2, 0.25) is 0 Å². The molecule has 0 amide bonds. The molecule has 0 aliphatic carbocycles. The molecule has 0 saturated carbocycles. The molecular formula is C28H17BrN4O4. The van der Waals surface area contributed by atoms with Crippen molar-refractivity contribution in [2.75, 3.05) is 0 Å². The molecule has 1 atom stereocenters. The second-order valence-electron chi connectivity index (χ2n) is 8.43. The van der Waals surface area contributed by atoms with Gasteiger partial charge in [0, 0.05) is 15.9 Å². The van der Waals surface area contributed by atoms with Crippen LogP contribution in [0.1, 0.15) is 17.0 Å². The number of nitrogens with two attached hydrogens (primary N) is 1. The molecule has 3 heterocycles. The van der Waals surface area contributed by atoms with Crippen molar-refractivity contribution in [2.24, 2.45) is 5.73 Å². The minimum atomic E-state index is -0.674. The smallest absolute Gasteiger partial charge is 0.345 e. The van der Waals surface area contributed by atoms with E-state index in [0.717, 1.165) is 10.0 Å². The van der Waals surface area contributed by atoms with Crippen LogP contribution in [0.4, 0.5) is 0 Å². The highest BCUT2D eigenvalue weighted by Gasteiger charge is 2.39. The van der Waals surface area contributed by atoms with E-state index in [-0.39, 0.29) is 28.4 Å². The SMILES string of the molecule is N#CC1=C(N)Oc2c(c(-c3cc4ccc(O)cc4oc3=O)nn2-c2ccccc2)C1c1ccccc1Br. The van der Waals surface area contributed by atoms with Gasteiger partial charge in [-0.1, -0.05) is 52.3 Å². The van der Waals surface area contributed by atoms with E-state index in [9.17, 15) is 15.2 Å². The Morgan fingerprint density at radius 2 is 1.81 bits per heavy atom. The predicted octanol–water partition coefficient (Wildman–Crippen LogP) is 5.33. The van der Waals surface area contributed by atoms with Gasteiger partial charge in [-0.25, -0.2) is 4.79 Å². The lowest BCUT2D eigenvalue weighted by Crippen LogP contribution is -2.22. The van der Waals surface area contributed by atoms with Gasteiger partial charge in [-0.3, -0.25) is 0 Å². The summed E-state index contributed by atoms with van der Waals surface area (Å²) in [7, 11) is 0. The van der Waals surface area contributed by atoms with Crippen molar-refractivity contribution in [3.8, 4) is 34.6 Å². The number of nitriles is 1. The van der Waals surface area contributed by atoms with Crippen LogP contribution in [-0.2, 0) is 0 Å². The maximum atomic E-state index is 13.3. The molecule has 180 valence electrons. The number of phenolic OH excluding ortho intramolecular Hbond substituents is 1. The highest BCUT2D eigenvalue weighted by atomic mass is 79.9. The van der Waals surface area contributed by atoms with Gasteiger partial charge in [0.1, 0.15) is 28.7 Å². The van der Waals surface area contributed by atoms with E-state index in [0.29, 0.717) is 28.2 Å². The summed E-state index contributed by atoms with van der Waals surface area (Å²) < 4.78 is 13.9. The van der Waals surface area contributed by atoms with Gasteiger partial charge < -0.3 is 20.0 Å². The first-order valence-corrected chi connectivity index (χ1v) is 12.0. The average molecular weight is 553 g/mol. The van der Waals surface area contributed by atoms with Gasteiger partial charge >= 0.3 is 5.63 Å². The first kappa shape index (κ1) is 22.6. The van der Waals surface area contributed by atoms with Crippen LogP contribution in [0.15, 0.2) is 104 Å². The Balaban J connectivity index is 1.71. The molecule has 3 aromatic carbocycles. The first-order valence-electron chi connectivity index (χ1n) is 11.2. The molecule has 0 radical (unpaired) electrons. The summed E-state index contributed by atoms with van der Waals surface area (Å²) in [6, 6.07) is 25.1. The quantitative estimate of drug-likeness (QED) is 0.289. The molecule has 0 spiro atoms. The molecule has 1 aliphatic rings. The summed E-state index contributed by atoms with van der Waals surface area (Å²) in [6.07, 6.45) is 0. The van der Waals surface area contributed by atoms with Crippen molar-refractivity contribution in [3.05, 3.63) is 116 Å². The summed E-state index contributed by atoms with van der Waals surface area (Å²) in [5, 5.41) is 25.3. The highest BCUT2D eigenvalue weighted by molar-refractivity contribution is 9.10. The Morgan fingerprint density at radius 3 is 2.57 bits per heavy atom. The van der Waals surface area contributed by atoms with Crippen molar-refractivity contribution in [1.29, 1.82) is 5.26 Å². The molecule has 3 N–H and O–H groups in total. The summed E-state index contributed by atoms with van der Waals surface area (Å²) in [6.45, 7) is 0. The fourth-order valence-electron chi connectivity index (χ4n) is 4.57. The second-order valence-corrected chi connectivity index (χ2v) is 9.29. The van der Waals surface area contributed by atoms with Crippen LogP contribution in [0.25, 0.3) is 27.9 Å². The number of allylic oxidation sites excluding steroid dienone is 1. The first-order chi connectivity index (χ1) is 18.0. The molecule has 6 rings (SSSR count). The highest BCUT2D eigenvalue weighted by Crippen LogP contribution is 2.48. The van der Waals surface area contributed by atoms with E-state index < -0.39 is 11.5 Å². The number of rotatable bonds is 3. The number of benzene rings is 3. The molecular weight excluding hydrogens is 536 g/mol. The third-order valence-corrected chi connectivity index (χ3v) is 6.96. The number of hydrogen-bond acceptors (Lipinski definition) is 7. The lowest BCUT2D eigenvalue weighted by Gasteiger charge is -2.25. The summed E-state index contributed by atoms with van der Waals surface area (Å²) in [5.74, 6) is -0.438. The Bertz CT molecular complexity index is 1830. The number of para-hydroxylation sites is 1. The van der Waals surface area contributed by atoms with E-state index in [1.807, 2.05) is 54.6 Å². The van der Waals surface area contributed by atoms with Crippen LogP contribution in [-0.4, -0.2) is 14.9 Å². The molecule has 37 heavy (non-hydrogen) atoms. The van der Waals surface area contributed by atoms with Crippen LogP contribution < -0.4 is 16.1 Å². The number of aromatic hydroxyl groups is 1. The van der Waals surface area contributed by atoms with Crippen LogP contribution in [0.5, 0.6) is 11.6 Å². The fourth-order valence-corrected chi connectivity index (χ4v) is 5.08. The molecule has 0 saturated heterocycles. The molecule has 1 aliphatic heterocycles. The molecule has 2 aromatic heterocycles. The molecule has 9 heteroatoms. The van der Waals surface area contributed by atoms with Gasteiger partial charge in [0.2, 0.25) is 11.8 Å². The van der Waals surface area contributed by atoms with Gasteiger partial charge in [-0.2, -0.15) is 15.0 Å². The average Bonchev–Trinajstić information content (AvgIpc) is 3.27. The number of halogens is 1. The van der Waals surface area contributed by atoms with Crippen molar-refractivity contribution in [3.63, 3.8) is 0 Å². The van der Waals surface area contributed by atoms with Gasteiger partial charge in [-0.05, 0) is 42.0 Å². The zero-order chi connectivity index (χ0) is 25.7. The van der Waals surface area contributed by atoms with E-state index in [1.54, 1.807) is 16.8 Å². The van der Waals surface area contributed by atoms with Crippen LogP contribution in [0, 0.1) is 11.3 Å². The second kappa shape index (κ2) is 8.69. The number of nitrogens with zero attached hydrogens (tertiary/aromatic N) is 3. The van der Waals surface area contributed by atoms with Gasteiger partial charge in [0.05, 0.1) is 22.7 Å². The normalized spacial score (nSPS) is 14.8. The molecule has 0 bridgehead atoms. The summed E-state index contributed by atoms with van der Waals surface area (Å²) in [5.41, 5.74) is 8.49. The Morgan fingerprint density at radius 1 is 1.05 bits per heavy atom. The van der Waals surface area contributed by atoms with Crippen molar-refractivity contribution in [2.45, 2.75) is 5.92 Å². The lowest BCUT2D eigenvalue weighted by atomic mass is 9.83. The minimum absolute atomic E-state index is 0.0178. The number of hydrogen-bond donors (Lipinski definition) is 2. The maximum Gasteiger partial charge on any atom is 0.345 e. The largest absolute Gasteiger partial charge is 0.508 e. The van der Waals surface area contributed by atoms with Gasteiger partial charge in [0.25, 0.3) is 0 Å². The zero-order valence-corrected chi connectivity index (χ0v) is 20.6. The molecule has 5 aromatic rings. The lowest BCUT2D eigenvalue weighted by molar-refractivity contribution is 0.367. The third kappa shape index (κ3) is 3.66. The van der Waals surface area contributed by atoms with Gasteiger partial charge in [-0.15, -0.1) is 0 Å². The van der Waals surface area contributed by atoms with Crippen molar-refractivity contribution in [1.82, 2.24) is 9.78 Å². The summed E-state index contributed by atoms with van der Waals surface area (Å²) in [4.78, 5) is 13.3. The standard InChI is InChI=1S/C28H17BrN4O4/c29-21-9-5-4-8-18(21)23-20(14-30)26(31)37-27-24(23)25(32-33(27)16-6-2-1-3-7-16)19-12-15-10-11-17(34)13-22(15)36-28(19)35/h1-13,23,34H,31H2. The maximum absolute atomic E-state index is 13.3. The number of phenols is 1. The molecule has 0 fully saturated rings. The zero-order valence-electron chi connectivity index (χ0n) is 19.1. The number of ether oxygens (including phenoxy) is 1. The third-order valence-electron chi connectivity index (χ3n) is 6.24. The minimum Gasteiger partial charge on any atom is -0.508 e. The van der Waals surface area contributed by atoms with Crippen molar-refractivity contribution < 1.29 is 14.3 Å². The Labute approximate surface area is 218 Å². The topological polar surface area (TPSA) is 127 Å². The van der Waals surface area contributed by atoms with E-state index in [1.165, 1.54) is 12.1 Å². The van der Waals surface area contributed by atoms with Crippen LogP contribution in [0.3, 0.4) is 0 Å². The monoisotopic (exact) mass is 552 g/mol. The fraction of sp³-hybridized carbons (Fsp3) is 0.0357. The van der Waals surface area contributed by atoms with E-state index in [2.05, 4.69) is 22.0 Å². The Hall–Kier alpha value is -4.81. The molecule has 8 nitrogen and oxygen atoms in total. The number of aromatic nitrogens is 2. The summed E-state index contributed by atoms with van der Waals surface area (Å²) >= 11 is 3.60. The van der Waals surface area contributed by atoms with Crippen LogP contribution >= 0.6 is 15.9 Å². The van der Waals surface area contributed by atoms with E-state index in [4.69, 9.17) is 20.0 Å². The number of fused-ring (bicyclic) bond motifs is 2. The Kier molecular flexibility index (Phi) is 5.32. The molecule has 1 unspecified atom stereocenters. The van der Waals surface area contributed by atoms with Crippen molar-refractivity contribution >= 4 is 26.9 Å². The predicted molar refractivity (Wildman–Crippen MR) is 140 cm³/mol.